The second kappa shape index (κ2) is 5.29. The van der Waals surface area contributed by atoms with Crippen molar-refractivity contribution in [1.29, 1.82) is 0 Å². The van der Waals surface area contributed by atoms with E-state index in [1.54, 1.807) is 0 Å². The molecule has 5 heteroatoms. The van der Waals surface area contributed by atoms with Crippen LogP contribution in [0.2, 0.25) is 0 Å². The predicted octanol–water partition coefficient (Wildman–Crippen LogP) is 0.229. The summed E-state index contributed by atoms with van der Waals surface area (Å²) in [5.41, 5.74) is 0. The minimum Gasteiger partial charge on any atom is -0.481 e. The van der Waals surface area contributed by atoms with Crippen molar-refractivity contribution >= 4 is 17.7 Å². The topological polar surface area (TPSA) is 80.7 Å². The molecule has 0 saturated carbocycles. The SMILES string of the molecule is COC(=O)CC(CC(=O)O)C(C)=O. The molecule has 0 fully saturated rings. The summed E-state index contributed by atoms with van der Waals surface area (Å²) in [5.74, 6) is -2.75. The first-order chi connectivity index (χ1) is 5.97. The van der Waals surface area contributed by atoms with E-state index in [1.165, 1.54) is 14.0 Å². The lowest BCUT2D eigenvalue weighted by atomic mass is 9.97. The number of methoxy groups -OCH3 is 1. The molecule has 0 amide bonds. The molecule has 0 heterocycles. The maximum Gasteiger partial charge on any atom is 0.306 e. The van der Waals surface area contributed by atoms with Gasteiger partial charge in [-0.05, 0) is 6.92 Å². The molecule has 0 spiro atoms. The summed E-state index contributed by atoms with van der Waals surface area (Å²) >= 11 is 0. The van der Waals surface area contributed by atoms with Crippen LogP contribution in [-0.4, -0.2) is 29.9 Å². The van der Waals surface area contributed by atoms with Crippen LogP contribution in [0.25, 0.3) is 0 Å². The van der Waals surface area contributed by atoms with Crippen molar-refractivity contribution in [3.8, 4) is 0 Å². The summed E-state index contributed by atoms with van der Waals surface area (Å²) in [7, 11) is 1.19. The minimum atomic E-state index is -1.09. The molecule has 0 aromatic rings. The average molecular weight is 188 g/mol. The third kappa shape index (κ3) is 4.95. The van der Waals surface area contributed by atoms with Gasteiger partial charge in [-0.3, -0.25) is 14.4 Å². The number of hydrogen-bond donors (Lipinski definition) is 1. The summed E-state index contributed by atoms with van der Waals surface area (Å²) in [4.78, 5) is 31.9. The van der Waals surface area contributed by atoms with E-state index in [4.69, 9.17) is 5.11 Å². The van der Waals surface area contributed by atoms with Gasteiger partial charge in [0.15, 0.2) is 0 Å². The maximum absolute atomic E-state index is 10.9. The Kier molecular flexibility index (Phi) is 4.72. The average Bonchev–Trinajstić information content (AvgIpc) is 2.02. The predicted molar refractivity (Wildman–Crippen MR) is 43.1 cm³/mol. The highest BCUT2D eigenvalue weighted by Crippen LogP contribution is 2.10. The fourth-order valence-corrected chi connectivity index (χ4v) is 0.855. The number of carboxylic acid groups (broad SMARTS) is 1. The van der Waals surface area contributed by atoms with Crippen molar-refractivity contribution in [3.05, 3.63) is 0 Å². The van der Waals surface area contributed by atoms with E-state index in [2.05, 4.69) is 4.74 Å². The highest BCUT2D eigenvalue weighted by molar-refractivity contribution is 5.86. The van der Waals surface area contributed by atoms with Crippen molar-refractivity contribution in [2.45, 2.75) is 19.8 Å². The van der Waals surface area contributed by atoms with E-state index in [0.717, 1.165) is 0 Å². The third-order valence-electron chi connectivity index (χ3n) is 1.64. The Bertz CT molecular complexity index is 221. The molecule has 0 saturated heterocycles. The number of rotatable bonds is 5. The van der Waals surface area contributed by atoms with Gasteiger partial charge >= 0.3 is 11.9 Å². The number of ether oxygens (including phenoxy) is 1. The van der Waals surface area contributed by atoms with Gasteiger partial charge in [0.1, 0.15) is 5.78 Å². The maximum atomic E-state index is 10.9. The summed E-state index contributed by atoms with van der Waals surface area (Å²) < 4.78 is 4.33. The van der Waals surface area contributed by atoms with Crippen LogP contribution in [0.4, 0.5) is 0 Å². The Balaban J connectivity index is 4.18. The van der Waals surface area contributed by atoms with E-state index in [-0.39, 0.29) is 18.6 Å². The molecule has 1 atom stereocenters. The van der Waals surface area contributed by atoms with Gasteiger partial charge in [-0.15, -0.1) is 0 Å². The largest absolute Gasteiger partial charge is 0.481 e. The molecule has 0 aromatic carbocycles. The molecule has 0 radical (unpaired) electrons. The van der Waals surface area contributed by atoms with Gasteiger partial charge in [-0.25, -0.2) is 0 Å². The number of carbonyl (C=O) groups is 3. The van der Waals surface area contributed by atoms with Crippen molar-refractivity contribution in [3.63, 3.8) is 0 Å². The fraction of sp³-hybridized carbons (Fsp3) is 0.625. The van der Waals surface area contributed by atoms with Crippen molar-refractivity contribution in [1.82, 2.24) is 0 Å². The van der Waals surface area contributed by atoms with Crippen LogP contribution in [0.5, 0.6) is 0 Å². The molecule has 0 rings (SSSR count). The van der Waals surface area contributed by atoms with Gasteiger partial charge in [0.05, 0.1) is 20.0 Å². The van der Waals surface area contributed by atoms with Gasteiger partial charge in [0, 0.05) is 5.92 Å². The summed E-state index contributed by atoms with van der Waals surface area (Å²) in [5, 5.41) is 8.41. The second-order valence-electron chi connectivity index (χ2n) is 2.69. The summed E-state index contributed by atoms with van der Waals surface area (Å²) in [6, 6.07) is 0. The standard InChI is InChI=1S/C8H12O5/c1-5(9)6(3-7(10)11)4-8(12)13-2/h6H,3-4H2,1-2H3,(H,10,11). The monoisotopic (exact) mass is 188 g/mol. The molecule has 0 bridgehead atoms. The lowest BCUT2D eigenvalue weighted by molar-refractivity contribution is -0.146. The zero-order valence-electron chi connectivity index (χ0n) is 7.57. The Morgan fingerprint density at radius 2 is 1.85 bits per heavy atom. The third-order valence-corrected chi connectivity index (χ3v) is 1.64. The summed E-state index contributed by atoms with van der Waals surface area (Å²) in [6.45, 7) is 1.26. The van der Waals surface area contributed by atoms with Crippen LogP contribution in [-0.2, 0) is 19.1 Å². The Morgan fingerprint density at radius 3 is 2.15 bits per heavy atom. The quantitative estimate of drug-likeness (QED) is 0.624. The Morgan fingerprint density at radius 1 is 1.31 bits per heavy atom. The molecular weight excluding hydrogens is 176 g/mol. The normalized spacial score (nSPS) is 11.8. The number of ketones is 1. The van der Waals surface area contributed by atoms with Crippen molar-refractivity contribution in [2.24, 2.45) is 5.92 Å². The number of Topliss-reactive ketones (excluding diaryl/α,β-unsaturated/α-hetero) is 1. The Hall–Kier alpha value is -1.39. The van der Waals surface area contributed by atoms with Gasteiger partial charge in [-0.1, -0.05) is 0 Å². The fourth-order valence-electron chi connectivity index (χ4n) is 0.855. The highest BCUT2D eigenvalue weighted by Gasteiger charge is 2.21. The molecule has 0 aliphatic heterocycles. The second-order valence-corrected chi connectivity index (χ2v) is 2.69. The van der Waals surface area contributed by atoms with Crippen LogP contribution in [0.3, 0.4) is 0 Å². The Labute approximate surface area is 75.7 Å². The van der Waals surface area contributed by atoms with Gasteiger partial charge in [-0.2, -0.15) is 0 Å². The molecule has 1 unspecified atom stereocenters. The van der Waals surface area contributed by atoms with Gasteiger partial charge in [0.25, 0.3) is 0 Å². The molecule has 1 N–H and O–H groups in total. The number of aliphatic carboxylic acids is 1. The van der Waals surface area contributed by atoms with Crippen LogP contribution >= 0.6 is 0 Å². The van der Waals surface area contributed by atoms with Gasteiger partial charge < -0.3 is 9.84 Å². The lowest BCUT2D eigenvalue weighted by Crippen LogP contribution is -2.20. The molecule has 13 heavy (non-hydrogen) atoms. The first-order valence-electron chi connectivity index (χ1n) is 3.76. The van der Waals surface area contributed by atoms with Crippen LogP contribution in [0.15, 0.2) is 0 Å². The highest BCUT2D eigenvalue weighted by atomic mass is 16.5. The molecule has 5 nitrogen and oxygen atoms in total. The molecule has 74 valence electrons. The van der Waals surface area contributed by atoms with E-state index in [0.29, 0.717) is 0 Å². The first kappa shape index (κ1) is 11.6. The lowest BCUT2D eigenvalue weighted by Gasteiger charge is -2.08. The number of carbonyl (C=O) groups excluding carboxylic acids is 2. The smallest absolute Gasteiger partial charge is 0.306 e. The number of hydrogen-bond acceptors (Lipinski definition) is 4. The number of carboxylic acids is 1. The minimum absolute atomic E-state index is 0.169. The van der Waals surface area contributed by atoms with Crippen molar-refractivity contribution < 1.29 is 24.2 Å². The van der Waals surface area contributed by atoms with Crippen LogP contribution in [0, 0.1) is 5.92 Å². The van der Waals surface area contributed by atoms with Crippen LogP contribution < -0.4 is 0 Å². The van der Waals surface area contributed by atoms with Gasteiger partial charge in [0.2, 0.25) is 0 Å². The van der Waals surface area contributed by atoms with Crippen molar-refractivity contribution in [2.75, 3.05) is 7.11 Å². The number of esters is 1. The first-order valence-corrected chi connectivity index (χ1v) is 3.76. The van der Waals surface area contributed by atoms with E-state index in [9.17, 15) is 14.4 Å². The zero-order chi connectivity index (χ0) is 10.4. The van der Waals surface area contributed by atoms with E-state index < -0.39 is 17.9 Å². The van der Waals surface area contributed by atoms with Crippen LogP contribution in [0.1, 0.15) is 19.8 Å². The summed E-state index contributed by atoms with van der Waals surface area (Å²) in [6.07, 6.45) is -0.497. The van der Waals surface area contributed by atoms with E-state index >= 15 is 0 Å². The van der Waals surface area contributed by atoms with E-state index in [1.807, 2.05) is 0 Å². The zero-order valence-corrected chi connectivity index (χ0v) is 7.57. The molecule has 0 aliphatic rings. The molecular formula is C8H12O5. The molecule has 0 aromatic heterocycles. The molecule has 0 aliphatic carbocycles.